The summed E-state index contributed by atoms with van der Waals surface area (Å²) in [6.45, 7) is 4.49. The molecule has 2 saturated heterocycles. The van der Waals surface area contributed by atoms with E-state index in [9.17, 15) is 9.59 Å². The molecule has 5 heteroatoms. The van der Waals surface area contributed by atoms with Gasteiger partial charge in [-0.2, -0.15) is 0 Å². The van der Waals surface area contributed by atoms with Crippen molar-refractivity contribution in [3.63, 3.8) is 0 Å². The van der Waals surface area contributed by atoms with E-state index in [-0.39, 0.29) is 18.4 Å². The number of benzene rings is 2. The van der Waals surface area contributed by atoms with Crippen LogP contribution in [0.4, 0.5) is 4.79 Å². The van der Waals surface area contributed by atoms with E-state index in [1.165, 1.54) is 24.9 Å². The maximum absolute atomic E-state index is 11.6. The van der Waals surface area contributed by atoms with E-state index in [1.54, 1.807) is 0 Å². The fraction of sp³-hybridized carbons (Fsp3) is 0.364. The van der Waals surface area contributed by atoms with Crippen molar-refractivity contribution in [3.05, 3.63) is 59.7 Å². The molecule has 0 radical (unpaired) electrons. The number of carbonyl (C=O) groups is 2. The van der Waals surface area contributed by atoms with Gasteiger partial charge in [-0.1, -0.05) is 42.5 Å². The summed E-state index contributed by atoms with van der Waals surface area (Å²) in [7, 11) is 0. The van der Waals surface area contributed by atoms with Crippen LogP contribution in [0.2, 0.25) is 0 Å². The molecular formula is C22H25N3O2. The van der Waals surface area contributed by atoms with Gasteiger partial charge in [-0.25, -0.2) is 4.79 Å². The number of likely N-dealkylation sites (tertiary alicyclic amines) is 1. The van der Waals surface area contributed by atoms with E-state index in [1.807, 2.05) is 12.1 Å². The van der Waals surface area contributed by atoms with Crippen molar-refractivity contribution < 1.29 is 9.59 Å². The van der Waals surface area contributed by atoms with Gasteiger partial charge < -0.3 is 5.32 Å². The average Bonchev–Trinajstić information content (AvgIpc) is 3.06. The lowest BCUT2D eigenvalue weighted by Gasteiger charge is -2.24. The highest BCUT2D eigenvalue weighted by atomic mass is 16.2. The number of nitrogens with one attached hydrogen (secondary N) is 2. The van der Waals surface area contributed by atoms with Crippen LogP contribution in [0.3, 0.4) is 0 Å². The van der Waals surface area contributed by atoms with E-state index in [0.717, 1.165) is 23.2 Å². The summed E-state index contributed by atoms with van der Waals surface area (Å²) in [5.74, 6) is -0.241. The van der Waals surface area contributed by atoms with Crippen molar-refractivity contribution in [2.45, 2.75) is 44.8 Å². The van der Waals surface area contributed by atoms with E-state index >= 15 is 0 Å². The molecule has 0 spiro atoms. The molecule has 3 amide bonds. The Kier molecular flexibility index (Phi) is 4.94. The number of urea groups is 1. The number of hydrogen-bond acceptors (Lipinski definition) is 3. The zero-order valence-electron chi connectivity index (χ0n) is 15.6. The van der Waals surface area contributed by atoms with Crippen LogP contribution in [-0.2, 0) is 11.3 Å². The van der Waals surface area contributed by atoms with E-state index in [4.69, 9.17) is 0 Å². The Bertz CT molecular complexity index is 831. The molecule has 2 atom stereocenters. The number of carbonyl (C=O) groups excluding carboxylic acids is 2. The van der Waals surface area contributed by atoms with Gasteiger partial charge in [-0.3, -0.25) is 15.0 Å². The zero-order chi connectivity index (χ0) is 18.8. The zero-order valence-corrected chi connectivity index (χ0v) is 15.6. The smallest absolute Gasteiger partial charge is 0.321 e. The van der Waals surface area contributed by atoms with Crippen molar-refractivity contribution in [1.29, 1.82) is 0 Å². The lowest BCUT2D eigenvalue weighted by molar-refractivity contribution is -0.121. The summed E-state index contributed by atoms with van der Waals surface area (Å²) in [6, 6.07) is 16.7. The fourth-order valence-electron chi connectivity index (χ4n) is 4.01. The number of amides is 3. The van der Waals surface area contributed by atoms with Gasteiger partial charge in [0.1, 0.15) is 0 Å². The molecule has 2 unspecified atom stereocenters. The van der Waals surface area contributed by atoms with Crippen molar-refractivity contribution in [3.8, 4) is 11.1 Å². The molecule has 5 nitrogen and oxygen atoms in total. The molecule has 2 fully saturated rings. The van der Waals surface area contributed by atoms with Crippen LogP contribution in [-0.4, -0.2) is 29.4 Å². The van der Waals surface area contributed by atoms with Crippen LogP contribution in [0.15, 0.2) is 48.5 Å². The Labute approximate surface area is 159 Å². The molecular weight excluding hydrogens is 338 g/mol. The SMILES string of the molecule is CC1CCCN1Cc1ccc(-c2cccc(C3CC(=O)NC(=O)N3)c2)cc1. The molecule has 2 aromatic carbocycles. The average molecular weight is 363 g/mol. The molecule has 2 N–H and O–H groups in total. The third-order valence-corrected chi connectivity index (χ3v) is 5.60. The van der Waals surface area contributed by atoms with E-state index in [2.05, 4.69) is 58.9 Å². The Morgan fingerprint density at radius 3 is 2.59 bits per heavy atom. The second-order valence-electron chi connectivity index (χ2n) is 7.56. The molecule has 4 rings (SSSR count). The first kappa shape index (κ1) is 17.7. The standard InChI is InChI=1S/C22H25N3O2/c1-15-4-3-11-25(15)14-16-7-9-17(10-8-16)18-5-2-6-19(12-18)20-13-21(26)24-22(27)23-20/h2,5-10,12,15,20H,3-4,11,13-14H2,1H3,(H2,23,24,26,27). The molecule has 140 valence electrons. The van der Waals surface area contributed by atoms with Crippen molar-refractivity contribution >= 4 is 11.9 Å². The third kappa shape index (κ3) is 4.03. The lowest BCUT2D eigenvalue weighted by atomic mass is 9.96. The second-order valence-corrected chi connectivity index (χ2v) is 7.56. The summed E-state index contributed by atoms with van der Waals surface area (Å²) < 4.78 is 0. The van der Waals surface area contributed by atoms with Gasteiger partial charge in [0.25, 0.3) is 0 Å². The summed E-state index contributed by atoms with van der Waals surface area (Å²) in [5, 5.41) is 5.09. The topological polar surface area (TPSA) is 61.4 Å². The highest BCUT2D eigenvalue weighted by Gasteiger charge is 2.25. The molecule has 2 heterocycles. The van der Waals surface area contributed by atoms with Gasteiger partial charge in [0, 0.05) is 12.6 Å². The largest absolute Gasteiger partial charge is 0.330 e. The van der Waals surface area contributed by atoms with Crippen molar-refractivity contribution in [2.24, 2.45) is 0 Å². The Morgan fingerprint density at radius 2 is 1.89 bits per heavy atom. The minimum atomic E-state index is -0.429. The maximum atomic E-state index is 11.6. The number of imide groups is 1. The van der Waals surface area contributed by atoms with Gasteiger partial charge in [0.2, 0.25) is 5.91 Å². The molecule has 2 aliphatic rings. The minimum absolute atomic E-state index is 0.241. The van der Waals surface area contributed by atoms with Crippen LogP contribution < -0.4 is 10.6 Å². The van der Waals surface area contributed by atoms with Gasteiger partial charge in [-0.15, -0.1) is 0 Å². The predicted molar refractivity (Wildman–Crippen MR) is 105 cm³/mol. The van der Waals surface area contributed by atoms with Gasteiger partial charge in [0.15, 0.2) is 0 Å². The number of hydrogen-bond donors (Lipinski definition) is 2. The molecule has 27 heavy (non-hydrogen) atoms. The fourth-order valence-corrected chi connectivity index (χ4v) is 4.01. The highest BCUT2D eigenvalue weighted by Crippen LogP contribution is 2.27. The molecule has 2 aromatic rings. The Balaban J connectivity index is 1.50. The van der Waals surface area contributed by atoms with Crippen LogP contribution in [0.1, 0.15) is 43.4 Å². The quantitative estimate of drug-likeness (QED) is 0.872. The first-order valence-electron chi connectivity index (χ1n) is 9.62. The highest BCUT2D eigenvalue weighted by molar-refractivity contribution is 5.97. The second kappa shape index (κ2) is 7.53. The first-order chi connectivity index (χ1) is 13.1. The normalized spacial score (nSPS) is 23.1. The minimum Gasteiger partial charge on any atom is -0.330 e. The lowest BCUT2D eigenvalue weighted by Crippen LogP contribution is -2.48. The van der Waals surface area contributed by atoms with E-state index in [0.29, 0.717) is 6.04 Å². The van der Waals surface area contributed by atoms with Gasteiger partial charge in [-0.05, 0) is 54.6 Å². The number of rotatable bonds is 4. The predicted octanol–water partition coefficient (Wildman–Crippen LogP) is 3.61. The maximum Gasteiger partial charge on any atom is 0.321 e. The summed E-state index contributed by atoms with van der Waals surface area (Å²) >= 11 is 0. The van der Waals surface area contributed by atoms with Gasteiger partial charge in [0.05, 0.1) is 12.5 Å². The molecule has 0 aliphatic carbocycles. The molecule has 0 bridgehead atoms. The third-order valence-electron chi connectivity index (χ3n) is 5.60. The summed E-state index contributed by atoms with van der Waals surface area (Å²) in [6.07, 6.45) is 2.85. The van der Waals surface area contributed by atoms with Crippen LogP contribution >= 0.6 is 0 Å². The molecule has 2 aliphatic heterocycles. The van der Waals surface area contributed by atoms with E-state index < -0.39 is 6.03 Å². The molecule has 0 aromatic heterocycles. The summed E-state index contributed by atoms with van der Waals surface area (Å²) in [5.41, 5.74) is 4.51. The first-order valence-corrected chi connectivity index (χ1v) is 9.62. The van der Waals surface area contributed by atoms with Crippen LogP contribution in [0.5, 0.6) is 0 Å². The van der Waals surface area contributed by atoms with Crippen molar-refractivity contribution in [2.75, 3.05) is 6.54 Å². The van der Waals surface area contributed by atoms with Gasteiger partial charge >= 0.3 is 6.03 Å². The van der Waals surface area contributed by atoms with Crippen LogP contribution in [0.25, 0.3) is 11.1 Å². The number of nitrogens with zero attached hydrogens (tertiary/aromatic N) is 1. The molecule has 0 saturated carbocycles. The monoisotopic (exact) mass is 363 g/mol. The Morgan fingerprint density at radius 1 is 1.07 bits per heavy atom. The Hall–Kier alpha value is -2.66. The summed E-state index contributed by atoms with van der Waals surface area (Å²) in [4.78, 5) is 25.7. The van der Waals surface area contributed by atoms with Crippen LogP contribution in [0, 0.1) is 0 Å². The van der Waals surface area contributed by atoms with Crippen molar-refractivity contribution in [1.82, 2.24) is 15.5 Å².